The van der Waals surface area contributed by atoms with Crippen molar-refractivity contribution < 1.29 is 8.78 Å². The third-order valence-electron chi connectivity index (χ3n) is 3.68. The summed E-state index contributed by atoms with van der Waals surface area (Å²) in [7, 11) is 1.87. The summed E-state index contributed by atoms with van der Waals surface area (Å²) in [5.41, 5.74) is 2.24. The maximum absolute atomic E-state index is 13.9. The summed E-state index contributed by atoms with van der Waals surface area (Å²) in [6.45, 7) is 5.27. The van der Waals surface area contributed by atoms with Gasteiger partial charge >= 0.3 is 0 Å². The molecule has 0 fully saturated rings. The van der Waals surface area contributed by atoms with E-state index in [0.717, 1.165) is 24.0 Å². The minimum absolute atomic E-state index is 0.250. The molecule has 5 heteroatoms. The summed E-state index contributed by atoms with van der Waals surface area (Å²) in [5.74, 6) is -0.820. The van der Waals surface area contributed by atoms with Gasteiger partial charge in [0, 0.05) is 36.6 Å². The zero-order chi connectivity index (χ0) is 16.1. The number of hydrogen-bond acceptors (Lipinski definition) is 3. The van der Waals surface area contributed by atoms with Crippen LogP contribution in [0.15, 0.2) is 36.5 Å². The second-order valence-electron chi connectivity index (χ2n) is 5.32. The highest BCUT2D eigenvalue weighted by Crippen LogP contribution is 2.24. The highest BCUT2D eigenvalue weighted by Gasteiger charge is 2.17. The smallest absolute Gasteiger partial charge is 0.128 e. The van der Waals surface area contributed by atoms with Crippen molar-refractivity contribution in [2.45, 2.75) is 26.4 Å². The molecular formula is C17H21F2N3. The van der Waals surface area contributed by atoms with Crippen LogP contribution < -0.4 is 5.32 Å². The Hall–Kier alpha value is -2.01. The highest BCUT2D eigenvalue weighted by molar-refractivity contribution is 5.42. The Morgan fingerprint density at radius 2 is 2.00 bits per heavy atom. The molecule has 0 saturated carbocycles. The Bertz CT molecular complexity index is 631. The van der Waals surface area contributed by atoms with Crippen molar-refractivity contribution in [3.05, 3.63) is 59.4 Å². The van der Waals surface area contributed by atoms with E-state index in [1.807, 2.05) is 37.9 Å². The number of aromatic nitrogens is 1. The largest absolute Gasteiger partial charge is 0.385 e. The lowest BCUT2D eigenvalue weighted by Gasteiger charge is -2.25. The number of hydrogen-bond donors (Lipinski definition) is 1. The van der Waals surface area contributed by atoms with Crippen molar-refractivity contribution in [2.75, 3.05) is 18.9 Å². The van der Waals surface area contributed by atoms with Gasteiger partial charge in [-0.1, -0.05) is 0 Å². The van der Waals surface area contributed by atoms with E-state index in [4.69, 9.17) is 0 Å². The van der Waals surface area contributed by atoms with Crippen LogP contribution in [0.4, 0.5) is 14.5 Å². The van der Waals surface area contributed by atoms with Crippen LogP contribution in [-0.2, 0) is 6.54 Å². The summed E-state index contributed by atoms with van der Waals surface area (Å²) in [6, 6.07) is 7.17. The van der Waals surface area contributed by atoms with Crippen molar-refractivity contribution in [3.63, 3.8) is 0 Å². The molecule has 0 bridgehead atoms. The van der Waals surface area contributed by atoms with Gasteiger partial charge < -0.3 is 5.32 Å². The van der Waals surface area contributed by atoms with Gasteiger partial charge in [-0.25, -0.2) is 8.78 Å². The predicted octanol–water partition coefficient (Wildman–Crippen LogP) is 3.98. The molecule has 0 radical (unpaired) electrons. The summed E-state index contributed by atoms with van der Waals surface area (Å²) in [5, 5.41) is 3.23. The molecule has 0 amide bonds. The van der Waals surface area contributed by atoms with Gasteiger partial charge in [-0.05, 0) is 51.2 Å². The van der Waals surface area contributed by atoms with Crippen molar-refractivity contribution in [3.8, 4) is 0 Å². The zero-order valence-electron chi connectivity index (χ0n) is 13.1. The van der Waals surface area contributed by atoms with Gasteiger partial charge in [-0.3, -0.25) is 9.88 Å². The van der Waals surface area contributed by atoms with E-state index >= 15 is 0 Å². The van der Waals surface area contributed by atoms with Crippen LogP contribution in [0.5, 0.6) is 0 Å². The van der Waals surface area contributed by atoms with Gasteiger partial charge in [0.05, 0.1) is 5.69 Å². The molecule has 0 aliphatic carbocycles. The molecule has 0 spiro atoms. The van der Waals surface area contributed by atoms with E-state index in [1.54, 1.807) is 6.20 Å². The quantitative estimate of drug-likeness (QED) is 0.875. The van der Waals surface area contributed by atoms with E-state index in [0.29, 0.717) is 12.1 Å². The molecule has 1 heterocycles. The number of rotatable bonds is 6. The first-order valence-electron chi connectivity index (χ1n) is 7.35. The molecule has 0 unspecified atom stereocenters. The number of nitrogens with zero attached hydrogens (tertiary/aromatic N) is 2. The fourth-order valence-electron chi connectivity index (χ4n) is 2.34. The van der Waals surface area contributed by atoms with Gasteiger partial charge in [0.25, 0.3) is 0 Å². The first kappa shape index (κ1) is 16.4. The molecule has 118 valence electrons. The number of halogens is 2. The third kappa shape index (κ3) is 4.01. The first-order chi connectivity index (χ1) is 10.5. The Balaban J connectivity index is 2.12. The fraction of sp³-hybridized carbons (Fsp3) is 0.353. The monoisotopic (exact) mass is 305 g/mol. The molecule has 1 atom stereocenters. The summed E-state index contributed by atoms with van der Waals surface area (Å²) >= 11 is 0. The predicted molar refractivity (Wildman–Crippen MR) is 84.6 cm³/mol. The second kappa shape index (κ2) is 7.31. The van der Waals surface area contributed by atoms with Gasteiger partial charge in [0.2, 0.25) is 0 Å². The number of benzene rings is 1. The summed E-state index contributed by atoms with van der Waals surface area (Å²) in [6.07, 6.45) is 1.74. The Kier molecular flexibility index (Phi) is 5.44. The van der Waals surface area contributed by atoms with Gasteiger partial charge in [-0.15, -0.1) is 0 Å². The fourth-order valence-corrected chi connectivity index (χ4v) is 2.34. The van der Waals surface area contributed by atoms with Crippen LogP contribution >= 0.6 is 0 Å². The van der Waals surface area contributed by atoms with E-state index in [-0.39, 0.29) is 6.04 Å². The lowest BCUT2D eigenvalue weighted by atomic mass is 10.1. The molecule has 22 heavy (non-hydrogen) atoms. The lowest BCUT2D eigenvalue weighted by molar-refractivity contribution is 0.244. The van der Waals surface area contributed by atoms with Crippen molar-refractivity contribution in [1.82, 2.24) is 9.88 Å². The molecule has 0 aliphatic heterocycles. The van der Waals surface area contributed by atoms with E-state index in [1.165, 1.54) is 12.1 Å². The van der Waals surface area contributed by atoms with Crippen LogP contribution in [0.25, 0.3) is 0 Å². The molecule has 3 nitrogen and oxygen atoms in total. The Morgan fingerprint density at radius 1 is 1.23 bits per heavy atom. The number of anilines is 1. The van der Waals surface area contributed by atoms with E-state index in [2.05, 4.69) is 10.3 Å². The minimum atomic E-state index is -0.427. The third-order valence-corrected chi connectivity index (χ3v) is 3.68. The Morgan fingerprint density at radius 3 is 2.73 bits per heavy atom. The second-order valence-corrected chi connectivity index (χ2v) is 5.32. The van der Waals surface area contributed by atoms with Crippen LogP contribution in [0.1, 0.15) is 31.1 Å². The van der Waals surface area contributed by atoms with Crippen molar-refractivity contribution in [1.29, 1.82) is 0 Å². The molecule has 0 saturated heterocycles. The molecule has 1 N–H and O–H groups in total. The van der Waals surface area contributed by atoms with Crippen LogP contribution in [-0.4, -0.2) is 23.5 Å². The molecule has 2 aromatic rings. The van der Waals surface area contributed by atoms with Gasteiger partial charge in [-0.2, -0.15) is 0 Å². The maximum Gasteiger partial charge on any atom is 0.128 e. The number of nitrogens with one attached hydrogen (secondary N) is 1. The van der Waals surface area contributed by atoms with Crippen LogP contribution in [0.3, 0.4) is 0 Å². The highest BCUT2D eigenvalue weighted by atomic mass is 19.1. The molecular weight excluding hydrogens is 284 g/mol. The lowest BCUT2D eigenvalue weighted by Crippen LogP contribution is -2.23. The normalized spacial score (nSPS) is 12.5. The topological polar surface area (TPSA) is 28.2 Å². The van der Waals surface area contributed by atoms with Crippen molar-refractivity contribution >= 4 is 5.69 Å². The molecule has 2 rings (SSSR count). The maximum atomic E-state index is 13.9. The van der Waals surface area contributed by atoms with E-state index < -0.39 is 11.6 Å². The molecule has 1 aromatic heterocycles. The Labute approximate surface area is 130 Å². The SMILES string of the molecule is CCNc1ccnc(CN(C)[C@@H](C)c2cc(F)ccc2F)c1. The summed E-state index contributed by atoms with van der Waals surface area (Å²) < 4.78 is 27.2. The zero-order valence-corrected chi connectivity index (χ0v) is 13.1. The van der Waals surface area contributed by atoms with Crippen LogP contribution in [0.2, 0.25) is 0 Å². The number of pyridine rings is 1. The molecule has 0 aliphatic rings. The van der Waals surface area contributed by atoms with Crippen LogP contribution in [0, 0.1) is 11.6 Å². The van der Waals surface area contributed by atoms with Gasteiger partial charge in [0.1, 0.15) is 11.6 Å². The summed E-state index contributed by atoms with van der Waals surface area (Å²) in [4.78, 5) is 6.27. The first-order valence-corrected chi connectivity index (χ1v) is 7.35. The standard InChI is InChI=1S/C17H21F2N3/c1-4-20-14-7-8-21-15(10-14)11-22(3)12(2)16-9-13(18)5-6-17(16)19/h5-10,12H,4,11H2,1-3H3,(H,20,21)/t12-/m0/s1. The van der Waals surface area contributed by atoms with Crippen molar-refractivity contribution in [2.24, 2.45) is 0 Å². The average Bonchev–Trinajstić information content (AvgIpc) is 2.49. The average molecular weight is 305 g/mol. The van der Waals surface area contributed by atoms with E-state index in [9.17, 15) is 8.78 Å². The van der Waals surface area contributed by atoms with Gasteiger partial charge in [0.15, 0.2) is 0 Å². The molecule has 1 aromatic carbocycles. The minimum Gasteiger partial charge on any atom is -0.385 e.